The lowest BCUT2D eigenvalue weighted by molar-refractivity contribution is -0.153. The Bertz CT molecular complexity index is 838. The Balaban J connectivity index is 1.96. The lowest BCUT2D eigenvalue weighted by atomic mass is 10.0. The summed E-state index contributed by atoms with van der Waals surface area (Å²) in [4.78, 5) is 35.7. The fourth-order valence-electron chi connectivity index (χ4n) is 2.47. The van der Waals surface area contributed by atoms with Gasteiger partial charge >= 0.3 is 12.0 Å². The summed E-state index contributed by atoms with van der Waals surface area (Å²) in [7, 11) is 0. The zero-order valence-electron chi connectivity index (χ0n) is 15.6. The molecular weight excluding hydrogens is 382 g/mol. The van der Waals surface area contributed by atoms with Crippen LogP contribution in [0.25, 0.3) is 0 Å². The van der Waals surface area contributed by atoms with Crippen molar-refractivity contribution in [2.75, 3.05) is 5.32 Å². The molecule has 0 radical (unpaired) electrons. The van der Waals surface area contributed by atoms with Gasteiger partial charge in [0.1, 0.15) is 0 Å². The summed E-state index contributed by atoms with van der Waals surface area (Å²) in [5.41, 5.74) is 7.49. The van der Waals surface area contributed by atoms with Gasteiger partial charge in [0.2, 0.25) is 0 Å². The van der Waals surface area contributed by atoms with E-state index in [1.807, 2.05) is 19.1 Å². The molecule has 0 unspecified atom stereocenters. The van der Waals surface area contributed by atoms with Gasteiger partial charge in [-0.25, -0.2) is 4.79 Å². The number of halogens is 1. The Morgan fingerprint density at radius 3 is 2.25 bits per heavy atom. The maximum atomic E-state index is 12.3. The Morgan fingerprint density at radius 2 is 1.68 bits per heavy atom. The van der Waals surface area contributed by atoms with Gasteiger partial charge in [0.25, 0.3) is 5.91 Å². The van der Waals surface area contributed by atoms with Crippen LogP contribution in [0.1, 0.15) is 30.5 Å². The third kappa shape index (κ3) is 6.59. The average Bonchev–Trinajstić information content (AvgIpc) is 2.63. The topological polar surface area (TPSA) is 111 Å². The Labute approximate surface area is 168 Å². The number of carbonyl (C=O) groups excluding carboxylic acids is 3. The van der Waals surface area contributed by atoms with Crippen LogP contribution in [0, 0.1) is 6.92 Å². The molecule has 8 heteroatoms. The predicted octanol–water partition coefficient (Wildman–Crippen LogP) is 3.32. The van der Waals surface area contributed by atoms with Crippen molar-refractivity contribution >= 4 is 35.2 Å². The largest absolute Gasteiger partial charge is 0.452 e. The first kappa shape index (κ1) is 21.2. The van der Waals surface area contributed by atoms with Crippen LogP contribution in [0.15, 0.2) is 48.5 Å². The number of nitrogens with two attached hydrogens (primary N) is 1. The number of urea groups is 1. The van der Waals surface area contributed by atoms with Crippen LogP contribution >= 0.6 is 11.6 Å². The number of amides is 3. The monoisotopic (exact) mass is 403 g/mol. The highest BCUT2D eigenvalue weighted by atomic mass is 35.5. The minimum atomic E-state index is -1.01. The molecule has 2 aromatic carbocycles. The third-order valence-corrected chi connectivity index (χ3v) is 4.21. The number of nitrogens with one attached hydrogen (secondary N) is 2. The molecule has 3 amide bonds. The molecule has 4 N–H and O–H groups in total. The number of hydrogen-bond donors (Lipinski definition) is 3. The van der Waals surface area contributed by atoms with Crippen molar-refractivity contribution < 1.29 is 19.1 Å². The molecule has 0 aliphatic rings. The second-order valence-electron chi connectivity index (χ2n) is 6.30. The predicted molar refractivity (Wildman–Crippen MR) is 107 cm³/mol. The summed E-state index contributed by atoms with van der Waals surface area (Å²) in [6.45, 7) is 3.41. The van der Waals surface area contributed by atoms with Crippen LogP contribution in [-0.4, -0.2) is 24.0 Å². The van der Waals surface area contributed by atoms with Crippen LogP contribution in [0.5, 0.6) is 0 Å². The van der Waals surface area contributed by atoms with Gasteiger partial charge in [-0.05, 0) is 43.7 Å². The number of hydrogen-bond acceptors (Lipinski definition) is 4. The molecule has 2 aromatic rings. The van der Waals surface area contributed by atoms with E-state index >= 15 is 0 Å². The van der Waals surface area contributed by atoms with Gasteiger partial charge in [-0.3, -0.25) is 9.59 Å². The highest BCUT2D eigenvalue weighted by Crippen LogP contribution is 2.20. The van der Waals surface area contributed by atoms with Crippen LogP contribution in [0.3, 0.4) is 0 Å². The van der Waals surface area contributed by atoms with E-state index in [1.165, 1.54) is 6.92 Å². The maximum absolute atomic E-state index is 12.3. The number of primary amides is 1. The fourth-order valence-corrected chi connectivity index (χ4v) is 2.59. The Kier molecular flexibility index (Phi) is 7.40. The number of ether oxygens (including phenoxy) is 1. The first-order valence-electron chi connectivity index (χ1n) is 8.63. The normalized spacial score (nSPS) is 12.5. The van der Waals surface area contributed by atoms with Crippen molar-refractivity contribution in [3.05, 3.63) is 64.7 Å². The Morgan fingerprint density at radius 1 is 1.07 bits per heavy atom. The van der Waals surface area contributed by atoms with E-state index < -0.39 is 30.1 Å². The molecule has 2 rings (SSSR count). The summed E-state index contributed by atoms with van der Waals surface area (Å²) in [6.07, 6.45) is -1.19. The molecule has 28 heavy (non-hydrogen) atoms. The zero-order valence-corrected chi connectivity index (χ0v) is 16.3. The van der Waals surface area contributed by atoms with Gasteiger partial charge < -0.3 is 21.1 Å². The molecule has 0 spiro atoms. The minimum Gasteiger partial charge on any atom is -0.452 e. The van der Waals surface area contributed by atoms with Crippen LogP contribution in [0.4, 0.5) is 10.5 Å². The molecule has 0 heterocycles. The lowest BCUT2D eigenvalue weighted by Crippen LogP contribution is -2.36. The molecule has 0 aliphatic heterocycles. The van der Waals surface area contributed by atoms with Gasteiger partial charge in [-0.15, -0.1) is 0 Å². The van der Waals surface area contributed by atoms with E-state index in [4.69, 9.17) is 22.1 Å². The van der Waals surface area contributed by atoms with E-state index in [1.54, 1.807) is 36.4 Å². The summed E-state index contributed by atoms with van der Waals surface area (Å²) in [5, 5.41) is 5.68. The quantitative estimate of drug-likeness (QED) is 0.616. The highest BCUT2D eigenvalue weighted by Gasteiger charge is 2.23. The first-order chi connectivity index (χ1) is 13.2. The number of aryl methyl sites for hydroxylation is 1. The maximum Gasteiger partial charge on any atom is 0.312 e. The second kappa shape index (κ2) is 9.75. The molecule has 0 saturated heterocycles. The first-order valence-corrected chi connectivity index (χ1v) is 9.01. The second-order valence-corrected chi connectivity index (χ2v) is 6.74. The third-order valence-electron chi connectivity index (χ3n) is 3.96. The Hall–Kier alpha value is -3.06. The van der Waals surface area contributed by atoms with Crippen molar-refractivity contribution in [2.24, 2.45) is 5.73 Å². The minimum absolute atomic E-state index is 0.188. The lowest BCUT2D eigenvalue weighted by Gasteiger charge is -2.19. The molecule has 0 saturated carbocycles. The standard InChI is InChI=1S/C20H22ClN3O4/c1-12-3-9-16(10-4-12)23-19(26)13(2)28-18(25)11-17(24-20(22)27)14-5-7-15(21)8-6-14/h3-10,13,17H,11H2,1-2H3,(H,23,26)(H3,22,24,27)/t13-,17-/m1/s1. The highest BCUT2D eigenvalue weighted by molar-refractivity contribution is 6.30. The van der Waals surface area contributed by atoms with Crippen LogP contribution in [-0.2, 0) is 14.3 Å². The van der Waals surface area contributed by atoms with E-state index in [9.17, 15) is 14.4 Å². The summed E-state index contributed by atoms with van der Waals surface area (Å²) in [6, 6.07) is 12.4. The number of carbonyl (C=O) groups is 3. The molecule has 0 fully saturated rings. The average molecular weight is 404 g/mol. The van der Waals surface area contributed by atoms with Crippen LogP contribution in [0.2, 0.25) is 5.02 Å². The molecular formula is C20H22ClN3O4. The van der Waals surface area contributed by atoms with Gasteiger partial charge in [0.05, 0.1) is 12.5 Å². The number of benzene rings is 2. The molecule has 0 bridgehead atoms. The van der Waals surface area contributed by atoms with Gasteiger partial charge in [0.15, 0.2) is 6.10 Å². The zero-order chi connectivity index (χ0) is 20.7. The van der Waals surface area contributed by atoms with Gasteiger partial charge in [-0.1, -0.05) is 41.4 Å². The van der Waals surface area contributed by atoms with Gasteiger partial charge in [0, 0.05) is 10.7 Å². The summed E-state index contributed by atoms with van der Waals surface area (Å²) < 4.78 is 5.20. The molecule has 7 nitrogen and oxygen atoms in total. The molecule has 0 aromatic heterocycles. The smallest absolute Gasteiger partial charge is 0.312 e. The van der Waals surface area contributed by atoms with Crippen molar-refractivity contribution in [3.63, 3.8) is 0 Å². The van der Waals surface area contributed by atoms with Crippen molar-refractivity contribution in [1.82, 2.24) is 5.32 Å². The fraction of sp³-hybridized carbons (Fsp3) is 0.250. The number of rotatable bonds is 7. The van der Waals surface area contributed by atoms with Crippen molar-refractivity contribution in [2.45, 2.75) is 32.4 Å². The number of esters is 1. The summed E-state index contributed by atoms with van der Waals surface area (Å²) >= 11 is 5.86. The van der Waals surface area contributed by atoms with Crippen molar-refractivity contribution in [1.29, 1.82) is 0 Å². The van der Waals surface area contributed by atoms with E-state index in [2.05, 4.69) is 10.6 Å². The summed E-state index contributed by atoms with van der Waals surface area (Å²) in [5.74, 6) is -1.11. The van der Waals surface area contributed by atoms with E-state index in [0.29, 0.717) is 16.3 Å². The van der Waals surface area contributed by atoms with E-state index in [-0.39, 0.29) is 6.42 Å². The molecule has 0 aliphatic carbocycles. The molecule has 2 atom stereocenters. The van der Waals surface area contributed by atoms with Gasteiger partial charge in [-0.2, -0.15) is 0 Å². The number of anilines is 1. The van der Waals surface area contributed by atoms with E-state index in [0.717, 1.165) is 5.56 Å². The van der Waals surface area contributed by atoms with Crippen molar-refractivity contribution in [3.8, 4) is 0 Å². The molecule has 148 valence electrons. The SMILES string of the molecule is Cc1ccc(NC(=O)[C@@H](C)OC(=O)C[C@@H](NC(N)=O)c2ccc(Cl)cc2)cc1. The van der Waals surface area contributed by atoms with Crippen LogP contribution < -0.4 is 16.4 Å².